The fourth-order valence-corrected chi connectivity index (χ4v) is 2.34. The number of hydrogen-bond donors (Lipinski definition) is 2. The minimum atomic E-state index is -1.15. The number of benzene rings is 2. The summed E-state index contributed by atoms with van der Waals surface area (Å²) in [6.07, 6.45) is 0. The first-order valence-electron chi connectivity index (χ1n) is 6.34. The third kappa shape index (κ3) is 3.95. The van der Waals surface area contributed by atoms with Gasteiger partial charge in [0.2, 0.25) is 0 Å². The number of hydrogen-bond acceptors (Lipinski definition) is 3. The first kappa shape index (κ1) is 15.8. The van der Waals surface area contributed by atoms with E-state index in [2.05, 4.69) is 22.6 Å². The molecule has 0 fully saturated rings. The van der Waals surface area contributed by atoms with Gasteiger partial charge in [-0.3, -0.25) is 0 Å². The Morgan fingerprint density at radius 3 is 2.52 bits per heavy atom. The second-order valence-corrected chi connectivity index (χ2v) is 6.04. The molecule has 2 aromatic carbocycles. The fourth-order valence-electron chi connectivity index (χ4n) is 1.85. The number of carboxylic acid groups (broad SMARTS) is 1. The van der Waals surface area contributed by atoms with Gasteiger partial charge in [0.25, 0.3) is 0 Å². The van der Waals surface area contributed by atoms with E-state index >= 15 is 0 Å². The number of ether oxygens (including phenoxy) is 1. The molecule has 2 rings (SSSR count). The molecule has 110 valence electrons. The molecule has 1 unspecified atom stereocenters. The molecule has 0 saturated carbocycles. The van der Waals surface area contributed by atoms with Gasteiger partial charge in [0, 0.05) is 0 Å². The molecule has 0 saturated heterocycles. The quantitative estimate of drug-likeness (QED) is 0.759. The van der Waals surface area contributed by atoms with E-state index in [4.69, 9.17) is 9.84 Å². The van der Waals surface area contributed by atoms with Crippen LogP contribution in [0.5, 0.6) is 5.75 Å². The van der Waals surface area contributed by atoms with Crippen LogP contribution >= 0.6 is 22.6 Å². The highest BCUT2D eigenvalue weighted by Gasteiger charge is 2.24. The molecule has 0 aromatic heterocycles. The summed E-state index contributed by atoms with van der Waals surface area (Å²) in [5, 5.41) is 19.5. The summed E-state index contributed by atoms with van der Waals surface area (Å²) in [4.78, 5) is 11.0. The molecule has 1 atom stereocenters. The molecule has 0 aliphatic rings. The molecule has 0 bridgehead atoms. The maximum Gasteiger partial charge on any atom is 0.335 e. The van der Waals surface area contributed by atoms with Gasteiger partial charge in [-0.15, -0.1) is 0 Å². The third-order valence-electron chi connectivity index (χ3n) is 3.08. The van der Waals surface area contributed by atoms with Gasteiger partial charge in [0.15, 0.2) is 0 Å². The smallest absolute Gasteiger partial charge is 0.335 e. The van der Waals surface area contributed by atoms with Crippen LogP contribution in [-0.2, 0) is 5.60 Å². The standard InChI is InChI=1S/C16H15IO4/c1-16(20,12-5-3-2-4-6-12)10-21-14-9-11(15(18)19)7-8-13(14)17/h2-9,20H,10H2,1H3,(H,18,19). The van der Waals surface area contributed by atoms with E-state index in [1.54, 1.807) is 13.0 Å². The van der Waals surface area contributed by atoms with Crippen LogP contribution in [0.15, 0.2) is 48.5 Å². The SMILES string of the molecule is CC(O)(COc1cc(C(=O)O)ccc1I)c1ccccc1. The zero-order valence-electron chi connectivity index (χ0n) is 11.4. The van der Waals surface area contributed by atoms with Crippen molar-refractivity contribution in [3.63, 3.8) is 0 Å². The van der Waals surface area contributed by atoms with Gasteiger partial charge in [0.05, 0.1) is 9.13 Å². The lowest BCUT2D eigenvalue weighted by molar-refractivity contribution is 0.00730. The zero-order chi connectivity index (χ0) is 15.5. The van der Waals surface area contributed by atoms with E-state index < -0.39 is 11.6 Å². The lowest BCUT2D eigenvalue weighted by Crippen LogP contribution is -2.29. The molecule has 0 radical (unpaired) electrons. The Hall–Kier alpha value is -1.60. The van der Waals surface area contributed by atoms with Gasteiger partial charge in [-0.1, -0.05) is 30.3 Å². The van der Waals surface area contributed by atoms with Crippen molar-refractivity contribution >= 4 is 28.6 Å². The maximum absolute atomic E-state index is 11.0. The average Bonchev–Trinajstić information content (AvgIpc) is 2.47. The molecule has 0 aliphatic carbocycles. The van der Waals surface area contributed by atoms with Gasteiger partial charge in [0.1, 0.15) is 18.0 Å². The van der Waals surface area contributed by atoms with E-state index in [9.17, 15) is 9.90 Å². The molecule has 0 spiro atoms. The minimum absolute atomic E-state index is 0.0378. The van der Waals surface area contributed by atoms with Crippen LogP contribution in [0.3, 0.4) is 0 Å². The third-order valence-corrected chi connectivity index (χ3v) is 3.97. The molecular formula is C16H15IO4. The fraction of sp³-hybridized carbons (Fsp3) is 0.188. The van der Waals surface area contributed by atoms with Gasteiger partial charge in [-0.2, -0.15) is 0 Å². The molecule has 0 aliphatic heterocycles. The monoisotopic (exact) mass is 398 g/mol. The summed E-state index contributed by atoms with van der Waals surface area (Å²) in [6.45, 7) is 1.70. The Labute approximate surface area is 136 Å². The Morgan fingerprint density at radius 2 is 1.90 bits per heavy atom. The minimum Gasteiger partial charge on any atom is -0.489 e. The van der Waals surface area contributed by atoms with E-state index in [1.165, 1.54) is 12.1 Å². The molecule has 4 nitrogen and oxygen atoms in total. The van der Waals surface area contributed by atoms with Crippen molar-refractivity contribution in [2.24, 2.45) is 0 Å². The van der Waals surface area contributed by atoms with E-state index in [-0.39, 0.29) is 12.2 Å². The maximum atomic E-state index is 11.0. The number of aliphatic hydroxyl groups is 1. The van der Waals surface area contributed by atoms with Gasteiger partial charge < -0.3 is 14.9 Å². The Balaban J connectivity index is 2.16. The summed E-state index contributed by atoms with van der Waals surface area (Å²) in [5.74, 6) is -0.558. The van der Waals surface area contributed by atoms with Crippen molar-refractivity contribution in [3.8, 4) is 5.75 Å². The topological polar surface area (TPSA) is 66.8 Å². The van der Waals surface area contributed by atoms with Crippen LogP contribution in [0, 0.1) is 3.57 Å². The van der Waals surface area contributed by atoms with E-state index in [1.807, 2.05) is 30.3 Å². The summed E-state index contributed by atoms with van der Waals surface area (Å²) < 4.78 is 6.42. The van der Waals surface area contributed by atoms with Crippen molar-refractivity contribution in [2.75, 3.05) is 6.61 Å². The molecular weight excluding hydrogens is 383 g/mol. The Morgan fingerprint density at radius 1 is 1.24 bits per heavy atom. The van der Waals surface area contributed by atoms with Crippen LogP contribution < -0.4 is 4.74 Å². The van der Waals surface area contributed by atoms with Crippen LogP contribution in [0.2, 0.25) is 0 Å². The van der Waals surface area contributed by atoms with Crippen LogP contribution in [0.4, 0.5) is 0 Å². The Kier molecular flexibility index (Phi) is 4.84. The predicted octanol–water partition coefficient (Wildman–Crippen LogP) is 3.28. The number of aromatic carboxylic acids is 1. The largest absolute Gasteiger partial charge is 0.489 e. The number of carbonyl (C=O) groups is 1. The summed E-state index contributed by atoms with van der Waals surface area (Å²) >= 11 is 2.07. The van der Waals surface area contributed by atoms with Crippen LogP contribution in [0.25, 0.3) is 0 Å². The van der Waals surface area contributed by atoms with Crippen molar-refractivity contribution in [1.29, 1.82) is 0 Å². The van der Waals surface area contributed by atoms with Gasteiger partial charge in [-0.25, -0.2) is 4.79 Å². The lowest BCUT2D eigenvalue weighted by Gasteiger charge is -2.24. The van der Waals surface area contributed by atoms with E-state index in [0.29, 0.717) is 5.75 Å². The normalized spacial score (nSPS) is 13.5. The molecule has 21 heavy (non-hydrogen) atoms. The lowest BCUT2D eigenvalue weighted by atomic mass is 9.97. The highest BCUT2D eigenvalue weighted by Crippen LogP contribution is 2.26. The number of carboxylic acids is 1. The first-order valence-corrected chi connectivity index (χ1v) is 7.41. The van der Waals surface area contributed by atoms with Crippen molar-refractivity contribution in [2.45, 2.75) is 12.5 Å². The second kappa shape index (κ2) is 6.44. The van der Waals surface area contributed by atoms with Crippen LogP contribution in [0.1, 0.15) is 22.8 Å². The highest BCUT2D eigenvalue weighted by atomic mass is 127. The molecule has 5 heteroatoms. The average molecular weight is 398 g/mol. The van der Waals surface area contributed by atoms with Crippen molar-refractivity contribution in [1.82, 2.24) is 0 Å². The number of rotatable bonds is 5. The second-order valence-electron chi connectivity index (χ2n) is 4.88. The van der Waals surface area contributed by atoms with Crippen molar-refractivity contribution < 1.29 is 19.7 Å². The first-order chi connectivity index (χ1) is 9.90. The Bertz CT molecular complexity index is 638. The van der Waals surface area contributed by atoms with Crippen molar-refractivity contribution in [3.05, 3.63) is 63.2 Å². The molecule has 0 amide bonds. The summed E-state index contributed by atoms with van der Waals surface area (Å²) in [7, 11) is 0. The van der Waals surface area contributed by atoms with Gasteiger partial charge in [-0.05, 0) is 53.3 Å². The predicted molar refractivity (Wildman–Crippen MR) is 87.6 cm³/mol. The molecule has 2 N–H and O–H groups in total. The van der Waals surface area contributed by atoms with Gasteiger partial charge >= 0.3 is 5.97 Å². The molecule has 2 aromatic rings. The van der Waals surface area contributed by atoms with Crippen LogP contribution in [-0.4, -0.2) is 22.8 Å². The highest BCUT2D eigenvalue weighted by molar-refractivity contribution is 14.1. The summed E-state index contributed by atoms with van der Waals surface area (Å²) in [6, 6.07) is 13.9. The van der Waals surface area contributed by atoms with E-state index in [0.717, 1.165) is 9.13 Å². The summed E-state index contributed by atoms with van der Waals surface area (Å²) in [5.41, 5.74) is -0.247. The number of halogens is 1. The molecule has 0 heterocycles. The zero-order valence-corrected chi connectivity index (χ0v) is 13.6.